The molecule has 1 N–H and O–H groups in total. The fraction of sp³-hybridized carbons (Fsp3) is 0.500. The van der Waals surface area contributed by atoms with Crippen LogP contribution in [-0.2, 0) is 4.74 Å². The average molecular weight is 359 g/mol. The molecule has 0 saturated heterocycles. The van der Waals surface area contributed by atoms with Gasteiger partial charge in [-0.3, -0.25) is 0 Å². The van der Waals surface area contributed by atoms with Gasteiger partial charge >= 0.3 is 6.09 Å². The van der Waals surface area contributed by atoms with Gasteiger partial charge in [-0.05, 0) is 70.7 Å². The van der Waals surface area contributed by atoms with Gasteiger partial charge in [0.05, 0.1) is 12.0 Å². The molecule has 0 spiro atoms. The fourth-order valence-corrected chi connectivity index (χ4v) is 3.30. The zero-order valence-corrected chi connectivity index (χ0v) is 15.5. The number of nitrogens with one attached hydrogen (secondary N) is 1. The number of hydrogen-bond acceptors (Lipinski definition) is 3. The normalized spacial score (nSPS) is 20.6. The predicted molar refractivity (Wildman–Crippen MR) is 98.3 cm³/mol. The number of benzene rings is 1. The summed E-state index contributed by atoms with van der Waals surface area (Å²) >= 11 is 0. The van der Waals surface area contributed by atoms with E-state index >= 15 is 0 Å². The zero-order valence-electron chi connectivity index (χ0n) is 15.5. The summed E-state index contributed by atoms with van der Waals surface area (Å²) in [5.74, 6) is -0.246. The third-order valence-corrected chi connectivity index (χ3v) is 4.58. The second-order valence-corrected chi connectivity index (χ2v) is 7.86. The minimum atomic E-state index is -0.477. The summed E-state index contributed by atoms with van der Waals surface area (Å²) < 4.78 is 20.5. The minimum absolute atomic E-state index is 0.154. The molecule has 1 amide bonds. The van der Waals surface area contributed by atoms with E-state index in [2.05, 4.69) is 14.9 Å². The molecular weight excluding hydrogens is 333 g/mol. The molecule has 1 saturated carbocycles. The number of halogens is 1. The van der Waals surface area contributed by atoms with Gasteiger partial charge in [0.25, 0.3) is 0 Å². The molecule has 2 aromatic rings. The van der Waals surface area contributed by atoms with Crippen LogP contribution in [0.4, 0.5) is 9.18 Å². The molecule has 0 unspecified atom stereocenters. The lowest BCUT2D eigenvalue weighted by molar-refractivity contribution is 0.0488. The number of aromatic nitrogens is 2. The maximum absolute atomic E-state index is 13.1. The van der Waals surface area contributed by atoms with Crippen molar-refractivity contribution in [2.24, 2.45) is 0 Å². The zero-order chi connectivity index (χ0) is 18.7. The van der Waals surface area contributed by atoms with Crippen LogP contribution in [0.3, 0.4) is 0 Å². The van der Waals surface area contributed by atoms with Crippen LogP contribution in [0.25, 0.3) is 11.3 Å². The van der Waals surface area contributed by atoms with Gasteiger partial charge in [-0.1, -0.05) is 0 Å². The van der Waals surface area contributed by atoms with Crippen LogP contribution in [-0.4, -0.2) is 27.3 Å². The largest absolute Gasteiger partial charge is 0.444 e. The molecule has 5 nitrogen and oxygen atoms in total. The summed E-state index contributed by atoms with van der Waals surface area (Å²) in [5, 5.41) is 2.96. The standard InChI is InChI=1S/C20H26FN3O2/c1-20(2,3)26-19(25)23-16-8-10-17(11-9-16)24-12-18(22-13-24)14-4-6-15(21)7-5-14/h4-7,12-13,16-17H,8-11H2,1-3H3,(H,23,25). The molecule has 26 heavy (non-hydrogen) atoms. The van der Waals surface area contributed by atoms with Crippen LogP contribution >= 0.6 is 0 Å². The van der Waals surface area contributed by atoms with Crippen LogP contribution in [0.15, 0.2) is 36.8 Å². The van der Waals surface area contributed by atoms with Gasteiger partial charge in [-0.15, -0.1) is 0 Å². The van der Waals surface area contributed by atoms with Crippen molar-refractivity contribution in [1.29, 1.82) is 0 Å². The van der Waals surface area contributed by atoms with Crippen LogP contribution in [0.2, 0.25) is 0 Å². The van der Waals surface area contributed by atoms with E-state index in [1.165, 1.54) is 12.1 Å². The van der Waals surface area contributed by atoms with Gasteiger partial charge in [0.1, 0.15) is 11.4 Å². The summed E-state index contributed by atoms with van der Waals surface area (Å²) in [6, 6.07) is 6.89. The van der Waals surface area contributed by atoms with Crippen molar-refractivity contribution in [2.75, 3.05) is 0 Å². The van der Waals surface area contributed by atoms with Gasteiger partial charge in [0.15, 0.2) is 0 Å². The molecule has 1 aromatic heterocycles. The summed E-state index contributed by atoms with van der Waals surface area (Å²) in [6.45, 7) is 5.59. The predicted octanol–water partition coefficient (Wildman–Crippen LogP) is 4.70. The first-order valence-corrected chi connectivity index (χ1v) is 9.09. The molecule has 1 aromatic carbocycles. The Kier molecular flexibility index (Phi) is 5.30. The van der Waals surface area contributed by atoms with Gasteiger partial charge in [0.2, 0.25) is 0 Å². The van der Waals surface area contributed by atoms with Crippen molar-refractivity contribution >= 4 is 6.09 Å². The van der Waals surface area contributed by atoms with Crippen LogP contribution in [0, 0.1) is 5.82 Å². The summed E-state index contributed by atoms with van der Waals surface area (Å²) in [5.41, 5.74) is 1.28. The van der Waals surface area contributed by atoms with E-state index in [9.17, 15) is 9.18 Å². The smallest absolute Gasteiger partial charge is 0.407 e. The molecule has 1 fully saturated rings. The van der Waals surface area contributed by atoms with Crippen molar-refractivity contribution in [2.45, 2.75) is 64.1 Å². The summed E-state index contributed by atoms with van der Waals surface area (Å²) in [6.07, 6.45) is 7.27. The molecule has 140 valence electrons. The Morgan fingerprint density at radius 3 is 2.46 bits per heavy atom. The lowest BCUT2D eigenvalue weighted by Crippen LogP contribution is -2.41. The Labute approximate surface area is 153 Å². The second-order valence-electron chi connectivity index (χ2n) is 7.86. The first-order valence-electron chi connectivity index (χ1n) is 9.09. The molecule has 1 heterocycles. The molecule has 0 radical (unpaired) electrons. The van der Waals surface area contributed by atoms with Crippen molar-refractivity contribution in [1.82, 2.24) is 14.9 Å². The SMILES string of the molecule is CC(C)(C)OC(=O)NC1CCC(n2cnc(-c3ccc(F)cc3)c2)CC1. The van der Waals surface area contributed by atoms with Crippen molar-refractivity contribution < 1.29 is 13.9 Å². The highest BCUT2D eigenvalue weighted by Crippen LogP contribution is 2.30. The van der Waals surface area contributed by atoms with Gasteiger partial charge in [-0.25, -0.2) is 14.2 Å². The number of hydrogen-bond donors (Lipinski definition) is 1. The first kappa shape index (κ1) is 18.4. The quantitative estimate of drug-likeness (QED) is 0.864. The number of ether oxygens (including phenoxy) is 1. The Morgan fingerprint density at radius 1 is 1.19 bits per heavy atom. The molecule has 0 bridgehead atoms. The fourth-order valence-electron chi connectivity index (χ4n) is 3.30. The Hall–Kier alpha value is -2.37. The van der Waals surface area contributed by atoms with E-state index in [-0.39, 0.29) is 18.0 Å². The number of alkyl carbamates (subject to hydrolysis) is 1. The van der Waals surface area contributed by atoms with Crippen molar-refractivity contribution in [3.05, 3.63) is 42.6 Å². The third kappa shape index (κ3) is 4.84. The molecule has 6 heteroatoms. The average Bonchev–Trinajstić information content (AvgIpc) is 3.04. The van der Waals surface area contributed by atoms with E-state index in [4.69, 9.17) is 4.74 Å². The number of carbonyl (C=O) groups is 1. The topological polar surface area (TPSA) is 56.1 Å². The lowest BCUT2D eigenvalue weighted by atomic mass is 9.91. The number of nitrogens with zero attached hydrogens (tertiary/aromatic N) is 2. The Balaban J connectivity index is 1.54. The number of imidazole rings is 1. The Bertz CT molecular complexity index is 741. The van der Waals surface area contributed by atoms with E-state index < -0.39 is 5.60 Å². The molecule has 0 atom stereocenters. The van der Waals surface area contributed by atoms with E-state index in [1.807, 2.05) is 33.3 Å². The van der Waals surface area contributed by atoms with E-state index in [1.54, 1.807) is 12.1 Å². The van der Waals surface area contributed by atoms with Crippen molar-refractivity contribution in [3.8, 4) is 11.3 Å². The number of amides is 1. The maximum Gasteiger partial charge on any atom is 0.407 e. The highest BCUT2D eigenvalue weighted by Gasteiger charge is 2.25. The molecule has 0 aliphatic heterocycles. The number of carbonyl (C=O) groups excluding carboxylic acids is 1. The molecule has 1 aliphatic rings. The second kappa shape index (κ2) is 7.48. The van der Waals surface area contributed by atoms with Gasteiger partial charge in [0, 0.05) is 23.8 Å². The monoisotopic (exact) mass is 359 g/mol. The van der Waals surface area contributed by atoms with E-state index in [0.29, 0.717) is 6.04 Å². The summed E-state index contributed by atoms with van der Waals surface area (Å²) in [7, 11) is 0. The first-order chi connectivity index (χ1) is 12.3. The van der Waals surface area contributed by atoms with Crippen molar-refractivity contribution in [3.63, 3.8) is 0 Å². The molecular formula is C20H26FN3O2. The highest BCUT2D eigenvalue weighted by atomic mass is 19.1. The lowest BCUT2D eigenvalue weighted by Gasteiger charge is -2.30. The number of rotatable bonds is 3. The van der Waals surface area contributed by atoms with Crippen LogP contribution < -0.4 is 5.32 Å². The van der Waals surface area contributed by atoms with E-state index in [0.717, 1.165) is 36.9 Å². The minimum Gasteiger partial charge on any atom is -0.444 e. The maximum atomic E-state index is 13.1. The highest BCUT2D eigenvalue weighted by molar-refractivity contribution is 5.68. The van der Waals surface area contributed by atoms with Gasteiger partial charge in [-0.2, -0.15) is 0 Å². The van der Waals surface area contributed by atoms with Crippen LogP contribution in [0.5, 0.6) is 0 Å². The molecule has 1 aliphatic carbocycles. The van der Waals surface area contributed by atoms with Gasteiger partial charge < -0.3 is 14.6 Å². The molecule has 3 rings (SSSR count). The van der Waals surface area contributed by atoms with Crippen LogP contribution in [0.1, 0.15) is 52.5 Å². The summed E-state index contributed by atoms with van der Waals surface area (Å²) in [4.78, 5) is 16.3. The third-order valence-electron chi connectivity index (χ3n) is 4.58. The Morgan fingerprint density at radius 2 is 1.85 bits per heavy atom.